The van der Waals surface area contributed by atoms with Crippen LogP contribution in [0.25, 0.3) is 33.6 Å². The van der Waals surface area contributed by atoms with E-state index >= 15 is 4.39 Å². The number of aryl methyl sites for hydroxylation is 1. The number of hydrogen-bond donors (Lipinski definition) is 1. The summed E-state index contributed by atoms with van der Waals surface area (Å²) >= 11 is 0. The number of fused-ring (bicyclic) bond motifs is 2. The molecule has 4 heterocycles. The van der Waals surface area contributed by atoms with Gasteiger partial charge in [0, 0.05) is 43.2 Å². The van der Waals surface area contributed by atoms with E-state index in [4.69, 9.17) is 10.7 Å². The number of nitrogens with two attached hydrogens (primary N) is 1. The zero-order valence-corrected chi connectivity index (χ0v) is 20.0. The normalized spacial score (nSPS) is 22.6. The monoisotopic (exact) mass is 478 g/mol. The SMILES string of the molecule is CC1CN(C(=O)c2cc(F)c3c(c2)nc(-c2cc4cc(F)cnc4n2CC2CC2)n3C)C(C)C1N. The number of nitrogens with zero attached hydrogens (tertiary/aromatic N) is 5. The maximum atomic E-state index is 15.4. The van der Waals surface area contributed by atoms with E-state index in [1.807, 2.05) is 24.5 Å². The third-order valence-electron chi connectivity index (χ3n) is 7.69. The molecule has 0 bridgehead atoms. The summed E-state index contributed by atoms with van der Waals surface area (Å²) in [5.74, 6) is 0.113. The first-order valence-corrected chi connectivity index (χ1v) is 12.1. The lowest BCUT2D eigenvalue weighted by Gasteiger charge is -2.23. The van der Waals surface area contributed by atoms with Crippen molar-refractivity contribution in [1.29, 1.82) is 0 Å². The van der Waals surface area contributed by atoms with Gasteiger partial charge in [-0.25, -0.2) is 18.7 Å². The Balaban J connectivity index is 1.46. The highest BCUT2D eigenvalue weighted by molar-refractivity contribution is 5.98. The summed E-state index contributed by atoms with van der Waals surface area (Å²) in [6.45, 7) is 5.23. The van der Waals surface area contributed by atoms with Crippen molar-refractivity contribution in [3.05, 3.63) is 47.7 Å². The van der Waals surface area contributed by atoms with E-state index in [-0.39, 0.29) is 29.5 Å². The molecule has 35 heavy (non-hydrogen) atoms. The molecule has 1 aliphatic carbocycles. The first-order valence-electron chi connectivity index (χ1n) is 12.1. The van der Waals surface area contributed by atoms with Crippen molar-refractivity contribution in [3.63, 3.8) is 0 Å². The molecule has 1 amide bonds. The highest BCUT2D eigenvalue weighted by Gasteiger charge is 2.37. The molecule has 3 aromatic heterocycles. The first kappa shape index (κ1) is 22.2. The van der Waals surface area contributed by atoms with Gasteiger partial charge < -0.3 is 19.8 Å². The molecule has 1 aromatic carbocycles. The Morgan fingerprint density at radius 1 is 1.17 bits per heavy atom. The number of amides is 1. The summed E-state index contributed by atoms with van der Waals surface area (Å²) in [4.78, 5) is 24.1. The largest absolute Gasteiger partial charge is 0.334 e. The summed E-state index contributed by atoms with van der Waals surface area (Å²) in [5, 5.41) is 0.678. The van der Waals surface area contributed by atoms with Crippen molar-refractivity contribution in [2.45, 2.75) is 45.3 Å². The van der Waals surface area contributed by atoms with Gasteiger partial charge in [-0.2, -0.15) is 0 Å². The zero-order valence-electron chi connectivity index (χ0n) is 20.0. The zero-order chi connectivity index (χ0) is 24.6. The molecule has 7 nitrogen and oxygen atoms in total. The fourth-order valence-electron chi connectivity index (χ4n) is 5.41. The molecule has 2 N–H and O–H groups in total. The molecule has 4 aromatic rings. The predicted octanol–water partition coefficient (Wildman–Crippen LogP) is 4.09. The number of rotatable bonds is 4. The summed E-state index contributed by atoms with van der Waals surface area (Å²) in [7, 11) is 1.76. The van der Waals surface area contributed by atoms with Crippen molar-refractivity contribution in [2.75, 3.05) is 6.54 Å². The molecule has 3 unspecified atom stereocenters. The fraction of sp³-hybridized carbons (Fsp3) is 0.423. The Morgan fingerprint density at radius 3 is 2.63 bits per heavy atom. The van der Waals surface area contributed by atoms with Crippen LogP contribution < -0.4 is 5.73 Å². The van der Waals surface area contributed by atoms with Gasteiger partial charge in [0.05, 0.1) is 17.4 Å². The van der Waals surface area contributed by atoms with Gasteiger partial charge in [0.25, 0.3) is 5.91 Å². The minimum absolute atomic E-state index is 0.110. The van der Waals surface area contributed by atoms with Crippen LogP contribution in [0.15, 0.2) is 30.5 Å². The van der Waals surface area contributed by atoms with Gasteiger partial charge in [-0.1, -0.05) is 6.92 Å². The molecular weight excluding hydrogens is 450 g/mol. The van der Waals surface area contributed by atoms with Crippen LogP contribution in [-0.4, -0.2) is 48.5 Å². The smallest absolute Gasteiger partial charge is 0.254 e. The molecule has 9 heteroatoms. The second-order valence-corrected chi connectivity index (χ2v) is 10.2. The number of likely N-dealkylation sites (tertiary alicyclic amines) is 1. The molecule has 0 spiro atoms. The maximum Gasteiger partial charge on any atom is 0.254 e. The molecule has 182 valence electrons. The lowest BCUT2D eigenvalue weighted by molar-refractivity contribution is 0.0739. The lowest BCUT2D eigenvalue weighted by Crippen LogP contribution is -2.41. The van der Waals surface area contributed by atoms with E-state index in [2.05, 4.69) is 4.98 Å². The number of pyridine rings is 1. The summed E-state index contributed by atoms with van der Waals surface area (Å²) < 4.78 is 33.0. The number of carbonyl (C=O) groups excluding carboxylic acids is 1. The molecule has 1 saturated carbocycles. The number of benzene rings is 1. The molecule has 0 radical (unpaired) electrons. The number of carbonyl (C=O) groups is 1. The van der Waals surface area contributed by atoms with Gasteiger partial charge in [-0.3, -0.25) is 4.79 Å². The summed E-state index contributed by atoms with van der Waals surface area (Å²) in [6, 6.07) is 6.01. The van der Waals surface area contributed by atoms with Crippen molar-refractivity contribution >= 4 is 28.0 Å². The fourth-order valence-corrected chi connectivity index (χ4v) is 5.41. The van der Waals surface area contributed by atoms with Gasteiger partial charge in [0.15, 0.2) is 5.82 Å². The Labute approximate surface area is 201 Å². The van der Waals surface area contributed by atoms with Crippen LogP contribution in [0.2, 0.25) is 0 Å². The van der Waals surface area contributed by atoms with E-state index in [0.717, 1.165) is 25.1 Å². The second-order valence-electron chi connectivity index (χ2n) is 10.2. The Hall–Kier alpha value is -3.33. The third-order valence-corrected chi connectivity index (χ3v) is 7.69. The predicted molar refractivity (Wildman–Crippen MR) is 130 cm³/mol. The highest BCUT2D eigenvalue weighted by Crippen LogP contribution is 2.36. The van der Waals surface area contributed by atoms with E-state index in [0.29, 0.717) is 40.4 Å². The molecular formula is C26H28F2N6O. The van der Waals surface area contributed by atoms with Gasteiger partial charge in [0.2, 0.25) is 0 Å². The highest BCUT2D eigenvalue weighted by atomic mass is 19.1. The number of imidazole rings is 1. The standard InChI is InChI=1S/C26H28F2N6O/c1-13-11-33(14(2)22(13)29)26(35)17-7-19(28)23-20(8-17)31-25(32(23)3)21-9-16-6-18(27)10-30-24(16)34(21)12-15-4-5-15/h6-10,13-15,22H,4-5,11-12,29H2,1-3H3. The van der Waals surface area contributed by atoms with Crippen LogP contribution in [0.3, 0.4) is 0 Å². The van der Waals surface area contributed by atoms with E-state index in [9.17, 15) is 9.18 Å². The van der Waals surface area contributed by atoms with Crippen molar-refractivity contribution in [3.8, 4) is 11.5 Å². The maximum absolute atomic E-state index is 15.4. The minimum Gasteiger partial charge on any atom is -0.334 e. The van der Waals surface area contributed by atoms with Crippen LogP contribution in [-0.2, 0) is 13.6 Å². The van der Waals surface area contributed by atoms with E-state index < -0.39 is 11.6 Å². The summed E-state index contributed by atoms with van der Waals surface area (Å²) in [5.41, 5.74) is 8.63. The van der Waals surface area contributed by atoms with E-state index in [1.165, 1.54) is 18.3 Å². The Kier molecular flexibility index (Phi) is 4.96. The molecule has 2 fully saturated rings. The number of hydrogen-bond acceptors (Lipinski definition) is 4. The molecule has 1 aliphatic heterocycles. The van der Waals surface area contributed by atoms with Crippen molar-refractivity contribution in [2.24, 2.45) is 24.6 Å². The molecule has 1 saturated heterocycles. The molecule has 3 atom stereocenters. The molecule has 2 aliphatic rings. The Morgan fingerprint density at radius 2 is 1.94 bits per heavy atom. The topological polar surface area (TPSA) is 82.0 Å². The third kappa shape index (κ3) is 3.52. The van der Waals surface area contributed by atoms with Crippen LogP contribution in [0.5, 0.6) is 0 Å². The first-order chi connectivity index (χ1) is 16.7. The quantitative estimate of drug-likeness (QED) is 0.479. The second kappa shape index (κ2) is 7.84. The Bertz CT molecular complexity index is 1490. The van der Waals surface area contributed by atoms with Gasteiger partial charge in [0.1, 0.15) is 22.8 Å². The average molecular weight is 479 g/mol. The van der Waals surface area contributed by atoms with E-state index in [1.54, 1.807) is 22.6 Å². The van der Waals surface area contributed by atoms with Crippen molar-refractivity contribution < 1.29 is 13.6 Å². The van der Waals surface area contributed by atoms with Gasteiger partial charge in [-0.15, -0.1) is 0 Å². The van der Waals surface area contributed by atoms with Gasteiger partial charge in [-0.05, 0) is 55.9 Å². The van der Waals surface area contributed by atoms with Crippen LogP contribution >= 0.6 is 0 Å². The number of halogens is 2. The van der Waals surface area contributed by atoms with Gasteiger partial charge >= 0.3 is 0 Å². The van der Waals surface area contributed by atoms with Crippen molar-refractivity contribution in [1.82, 2.24) is 24.0 Å². The summed E-state index contributed by atoms with van der Waals surface area (Å²) in [6.07, 6.45) is 3.49. The van der Waals surface area contributed by atoms with Crippen LogP contribution in [0.4, 0.5) is 8.78 Å². The minimum atomic E-state index is -0.509. The average Bonchev–Trinajstić information content (AvgIpc) is 3.42. The van der Waals surface area contributed by atoms with Crippen LogP contribution in [0.1, 0.15) is 37.0 Å². The molecule has 6 rings (SSSR count). The number of aromatic nitrogens is 4. The van der Waals surface area contributed by atoms with Crippen LogP contribution in [0, 0.1) is 23.5 Å². The lowest BCUT2D eigenvalue weighted by atomic mass is 10.0.